The van der Waals surface area contributed by atoms with Crippen LogP contribution in [-0.4, -0.2) is 29.9 Å². The molecule has 0 aromatic carbocycles. The largest absolute Gasteiger partial charge is 0.341 e. The minimum Gasteiger partial charge on any atom is -0.341 e. The van der Waals surface area contributed by atoms with E-state index in [1.54, 1.807) is 6.92 Å². The van der Waals surface area contributed by atoms with Gasteiger partial charge in [0.25, 0.3) is 0 Å². The van der Waals surface area contributed by atoms with E-state index in [0.717, 1.165) is 12.8 Å². The summed E-state index contributed by atoms with van der Waals surface area (Å²) in [5.74, 6) is 0.0692. The molecule has 0 aliphatic heterocycles. The molecule has 0 heterocycles. The number of likely N-dealkylation sites (N-methyl/N-ethyl adjacent to an activating group) is 1. The third-order valence-electron chi connectivity index (χ3n) is 3.59. The zero-order chi connectivity index (χ0) is 11.6. The standard InChI is InChI=1S/C12H24N2O/c1-9(13)11(15)14(4)10-5-7-12(2,3)8-6-10/h9-10H,5-8,13H2,1-4H3/t9-/m1/s1. The fraction of sp³-hybridized carbons (Fsp3) is 0.917. The molecule has 0 saturated heterocycles. The molecule has 15 heavy (non-hydrogen) atoms. The number of rotatable bonds is 2. The molecule has 0 radical (unpaired) electrons. The Labute approximate surface area is 93.0 Å². The Morgan fingerprint density at radius 1 is 1.40 bits per heavy atom. The van der Waals surface area contributed by atoms with E-state index >= 15 is 0 Å². The zero-order valence-electron chi connectivity index (χ0n) is 10.4. The Hall–Kier alpha value is -0.570. The van der Waals surface area contributed by atoms with Gasteiger partial charge in [-0.15, -0.1) is 0 Å². The molecule has 1 aliphatic carbocycles. The summed E-state index contributed by atoms with van der Waals surface area (Å²) in [6.07, 6.45) is 4.63. The summed E-state index contributed by atoms with van der Waals surface area (Å²) in [6, 6.07) is 0.0291. The first-order chi connectivity index (χ1) is 6.83. The molecule has 2 N–H and O–H groups in total. The first-order valence-corrected chi connectivity index (χ1v) is 5.86. The highest BCUT2D eigenvalue weighted by Gasteiger charge is 2.31. The zero-order valence-corrected chi connectivity index (χ0v) is 10.4. The molecule has 1 fully saturated rings. The van der Waals surface area contributed by atoms with Gasteiger partial charge in [-0.25, -0.2) is 0 Å². The number of hydrogen-bond donors (Lipinski definition) is 1. The average molecular weight is 212 g/mol. The van der Waals surface area contributed by atoms with Crippen molar-refractivity contribution in [2.24, 2.45) is 11.1 Å². The molecule has 1 amide bonds. The highest BCUT2D eigenvalue weighted by Crippen LogP contribution is 2.36. The molecule has 1 aliphatic rings. The maximum Gasteiger partial charge on any atom is 0.239 e. The summed E-state index contributed by atoms with van der Waals surface area (Å²) >= 11 is 0. The smallest absolute Gasteiger partial charge is 0.239 e. The summed E-state index contributed by atoms with van der Waals surface area (Å²) < 4.78 is 0. The molecule has 3 heteroatoms. The number of carbonyl (C=O) groups excluding carboxylic acids is 1. The van der Waals surface area contributed by atoms with Crippen molar-refractivity contribution in [3.63, 3.8) is 0 Å². The second-order valence-corrected chi connectivity index (χ2v) is 5.63. The monoisotopic (exact) mass is 212 g/mol. The molecule has 88 valence electrons. The highest BCUT2D eigenvalue weighted by atomic mass is 16.2. The van der Waals surface area contributed by atoms with Crippen molar-refractivity contribution < 1.29 is 4.79 Å². The molecule has 1 saturated carbocycles. The van der Waals surface area contributed by atoms with Crippen LogP contribution in [0.3, 0.4) is 0 Å². The minimum absolute atomic E-state index is 0.0692. The molecular weight excluding hydrogens is 188 g/mol. The first kappa shape index (κ1) is 12.5. The van der Waals surface area contributed by atoms with Gasteiger partial charge in [0, 0.05) is 13.1 Å². The fourth-order valence-electron chi connectivity index (χ4n) is 2.27. The van der Waals surface area contributed by atoms with Crippen molar-refractivity contribution in [1.29, 1.82) is 0 Å². The van der Waals surface area contributed by atoms with Gasteiger partial charge in [-0.3, -0.25) is 4.79 Å². The van der Waals surface area contributed by atoms with Crippen molar-refractivity contribution in [2.45, 2.75) is 58.5 Å². The van der Waals surface area contributed by atoms with Gasteiger partial charge in [0.1, 0.15) is 0 Å². The van der Waals surface area contributed by atoms with Gasteiger partial charge in [0.15, 0.2) is 0 Å². The third kappa shape index (κ3) is 3.20. The SMILES string of the molecule is C[C@@H](N)C(=O)N(C)C1CCC(C)(C)CC1. The molecule has 0 bridgehead atoms. The predicted octanol–water partition coefficient (Wildman–Crippen LogP) is 1.76. The number of nitrogens with two attached hydrogens (primary N) is 1. The van der Waals surface area contributed by atoms with Gasteiger partial charge in [-0.1, -0.05) is 13.8 Å². The number of carbonyl (C=O) groups is 1. The van der Waals surface area contributed by atoms with E-state index in [0.29, 0.717) is 11.5 Å². The van der Waals surface area contributed by atoms with E-state index in [4.69, 9.17) is 5.73 Å². The first-order valence-electron chi connectivity index (χ1n) is 5.86. The lowest BCUT2D eigenvalue weighted by atomic mass is 9.75. The van der Waals surface area contributed by atoms with Crippen LogP contribution >= 0.6 is 0 Å². The Morgan fingerprint density at radius 3 is 2.27 bits per heavy atom. The molecule has 1 rings (SSSR count). The van der Waals surface area contributed by atoms with Gasteiger partial charge in [-0.05, 0) is 38.0 Å². The second-order valence-electron chi connectivity index (χ2n) is 5.63. The number of amides is 1. The fourth-order valence-corrected chi connectivity index (χ4v) is 2.27. The van der Waals surface area contributed by atoms with Gasteiger partial charge in [-0.2, -0.15) is 0 Å². The molecular formula is C12H24N2O. The lowest BCUT2D eigenvalue weighted by Gasteiger charge is -2.39. The molecule has 0 aromatic rings. The maximum atomic E-state index is 11.7. The maximum absolute atomic E-state index is 11.7. The van der Waals surface area contributed by atoms with Gasteiger partial charge in [0.2, 0.25) is 5.91 Å². The Balaban J connectivity index is 2.50. The predicted molar refractivity (Wildman–Crippen MR) is 62.5 cm³/mol. The van der Waals surface area contributed by atoms with Gasteiger partial charge in [0.05, 0.1) is 6.04 Å². The quantitative estimate of drug-likeness (QED) is 0.758. The summed E-state index contributed by atoms with van der Waals surface area (Å²) in [5, 5.41) is 0. The lowest BCUT2D eigenvalue weighted by Crippen LogP contribution is -2.47. The number of nitrogens with zero attached hydrogens (tertiary/aromatic N) is 1. The minimum atomic E-state index is -0.370. The molecule has 0 aromatic heterocycles. The van der Waals surface area contributed by atoms with E-state index < -0.39 is 0 Å². The Bertz CT molecular complexity index is 226. The summed E-state index contributed by atoms with van der Waals surface area (Å²) in [4.78, 5) is 13.6. The van der Waals surface area contributed by atoms with Crippen LogP contribution in [0.5, 0.6) is 0 Å². The van der Waals surface area contributed by atoms with Crippen LogP contribution in [0.15, 0.2) is 0 Å². The van der Waals surface area contributed by atoms with E-state index in [2.05, 4.69) is 13.8 Å². The van der Waals surface area contributed by atoms with Crippen molar-refractivity contribution in [3.05, 3.63) is 0 Å². The average Bonchev–Trinajstić information content (AvgIpc) is 2.15. The highest BCUT2D eigenvalue weighted by molar-refractivity contribution is 5.81. The lowest BCUT2D eigenvalue weighted by molar-refractivity contribution is -0.134. The number of hydrogen-bond acceptors (Lipinski definition) is 2. The van der Waals surface area contributed by atoms with Crippen LogP contribution in [0.25, 0.3) is 0 Å². The van der Waals surface area contributed by atoms with Crippen molar-refractivity contribution >= 4 is 5.91 Å². The van der Waals surface area contributed by atoms with E-state index in [-0.39, 0.29) is 11.9 Å². The molecule has 1 atom stereocenters. The molecule has 0 unspecified atom stereocenters. The molecule has 3 nitrogen and oxygen atoms in total. The molecule has 0 spiro atoms. The van der Waals surface area contributed by atoms with Crippen LogP contribution in [0.2, 0.25) is 0 Å². The topological polar surface area (TPSA) is 46.3 Å². The van der Waals surface area contributed by atoms with Gasteiger partial charge < -0.3 is 10.6 Å². The normalized spacial score (nSPS) is 23.5. The van der Waals surface area contributed by atoms with Crippen LogP contribution in [0, 0.1) is 5.41 Å². The summed E-state index contributed by atoms with van der Waals surface area (Å²) in [5.41, 5.74) is 6.06. The second kappa shape index (κ2) is 4.52. The van der Waals surface area contributed by atoms with Crippen LogP contribution in [0.4, 0.5) is 0 Å². The van der Waals surface area contributed by atoms with Crippen molar-refractivity contribution in [2.75, 3.05) is 7.05 Å². The van der Waals surface area contributed by atoms with Crippen LogP contribution < -0.4 is 5.73 Å². The Morgan fingerprint density at radius 2 is 1.87 bits per heavy atom. The van der Waals surface area contributed by atoms with Crippen molar-refractivity contribution in [1.82, 2.24) is 4.90 Å². The van der Waals surface area contributed by atoms with Crippen LogP contribution in [0.1, 0.15) is 46.5 Å². The van der Waals surface area contributed by atoms with Gasteiger partial charge >= 0.3 is 0 Å². The van der Waals surface area contributed by atoms with Crippen molar-refractivity contribution in [3.8, 4) is 0 Å². The summed E-state index contributed by atoms with van der Waals surface area (Å²) in [7, 11) is 1.88. The third-order valence-corrected chi connectivity index (χ3v) is 3.59. The van der Waals surface area contributed by atoms with E-state index in [1.807, 2.05) is 11.9 Å². The van der Waals surface area contributed by atoms with Crippen LogP contribution in [-0.2, 0) is 4.79 Å². The Kier molecular flexibility index (Phi) is 3.77. The van der Waals surface area contributed by atoms with E-state index in [1.165, 1.54) is 12.8 Å². The summed E-state index contributed by atoms with van der Waals surface area (Å²) in [6.45, 7) is 6.36. The van der Waals surface area contributed by atoms with E-state index in [9.17, 15) is 4.79 Å².